The fourth-order valence-electron chi connectivity index (χ4n) is 1.58. The lowest BCUT2D eigenvalue weighted by Gasteiger charge is -2.26. The van der Waals surface area contributed by atoms with Gasteiger partial charge in [0, 0.05) is 18.7 Å². The number of hydrogen-bond acceptors (Lipinski definition) is 2. The number of nitrogens with one attached hydrogen (secondary N) is 1. The second kappa shape index (κ2) is 4.13. The van der Waals surface area contributed by atoms with Gasteiger partial charge in [-0.05, 0) is 12.1 Å². The van der Waals surface area contributed by atoms with Crippen LogP contribution >= 0.6 is 0 Å². The van der Waals surface area contributed by atoms with E-state index in [2.05, 4.69) is 5.32 Å². The first-order valence-electron chi connectivity index (χ1n) is 4.88. The Morgan fingerprint density at radius 1 is 1.27 bits per heavy atom. The Morgan fingerprint density at radius 2 is 2.00 bits per heavy atom. The smallest absolute Gasteiger partial charge is 0.254 e. The number of carbonyl (C=O) groups excluding carboxylic acids is 2. The van der Waals surface area contributed by atoms with Crippen LogP contribution in [0.3, 0.4) is 0 Å². The van der Waals surface area contributed by atoms with Crippen molar-refractivity contribution < 1.29 is 9.59 Å². The second-order valence-electron chi connectivity index (χ2n) is 3.44. The van der Waals surface area contributed by atoms with Crippen molar-refractivity contribution in [2.24, 2.45) is 0 Å². The number of benzene rings is 1. The third kappa shape index (κ3) is 2.15. The van der Waals surface area contributed by atoms with Crippen molar-refractivity contribution in [2.45, 2.75) is 0 Å². The minimum atomic E-state index is -0.0921. The summed E-state index contributed by atoms with van der Waals surface area (Å²) in [5.74, 6) is -0.170. The topological polar surface area (TPSA) is 49.4 Å². The van der Waals surface area contributed by atoms with Crippen LogP contribution in [0.4, 0.5) is 0 Å². The lowest BCUT2D eigenvalue weighted by atomic mass is 10.2. The van der Waals surface area contributed by atoms with E-state index in [1.165, 1.54) is 0 Å². The monoisotopic (exact) mass is 204 g/mol. The Bertz CT molecular complexity index is 375. The number of rotatable bonds is 1. The predicted molar refractivity (Wildman–Crippen MR) is 55.4 cm³/mol. The molecule has 1 fully saturated rings. The van der Waals surface area contributed by atoms with Crippen LogP contribution < -0.4 is 5.32 Å². The van der Waals surface area contributed by atoms with E-state index in [9.17, 15) is 9.59 Å². The van der Waals surface area contributed by atoms with Gasteiger partial charge in [0.15, 0.2) is 0 Å². The molecule has 1 heterocycles. The number of piperazine rings is 1. The van der Waals surface area contributed by atoms with Crippen LogP contribution in [-0.4, -0.2) is 36.3 Å². The second-order valence-corrected chi connectivity index (χ2v) is 3.44. The molecule has 0 aliphatic carbocycles. The highest BCUT2D eigenvalue weighted by Crippen LogP contribution is 2.05. The summed E-state index contributed by atoms with van der Waals surface area (Å²) in [5, 5.41) is 2.69. The predicted octanol–water partition coefficient (Wildman–Crippen LogP) is 0.259. The zero-order chi connectivity index (χ0) is 10.7. The molecule has 4 nitrogen and oxygen atoms in total. The van der Waals surface area contributed by atoms with Crippen LogP contribution in [0.5, 0.6) is 0 Å². The summed E-state index contributed by atoms with van der Waals surface area (Å²) in [6.07, 6.45) is 0. The van der Waals surface area contributed by atoms with Gasteiger partial charge in [0.1, 0.15) is 0 Å². The fourth-order valence-corrected chi connectivity index (χ4v) is 1.58. The van der Waals surface area contributed by atoms with Crippen molar-refractivity contribution in [1.82, 2.24) is 10.2 Å². The van der Waals surface area contributed by atoms with Crippen molar-refractivity contribution in [3.63, 3.8) is 0 Å². The number of carbonyl (C=O) groups is 2. The summed E-state index contributed by atoms with van der Waals surface area (Å²) in [6.45, 7) is 1.28. The van der Waals surface area contributed by atoms with Crippen molar-refractivity contribution in [1.29, 1.82) is 0 Å². The first kappa shape index (κ1) is 9.71. The Morgan fingerprint density at radius 3 is 2.67 bits per heavy atom. The van der Waals surface area contributed by atoms with E-state index in [0.29, 0.717) is 18.7 Å². The minimum absolute atomic E-state index is 0.0783. The van der Waals surface area contributed by atoms with Crippen LogP contribution in [0.25, 0.3) is 0 Å². The maximum Gasteiger partial charge on any atom is 0.254 e. The van der Waals surface area contributed by atoms with E-state index in [-0.39, 0.29) is 18.4 Å². The fraction of sp³-hybridized carbons (Fsp3) is 0.273. The summed E-state index contributed by atoms with van der Waals surface area (Å²) >= 11 is 0. The third-order valence-corrected chi connectivity index (χ3v) is 2.35. The van der Waals surface area contributed by atoms with Crippen LogP contribution in [0.2, 0.25) is 0 Å². The maximum absolute atomic E-state index is 11.9. The van der Waals surface area contributed by atoms with E-state index >= 15 is 0 Å². The van der Waals surface area contributed by atoms with E-state index < -0.39 is 0 Å². The summed E-state index contributed by atoms with van der Waals surface area (Å²) in [7, 11) is 0. The molecule has 0 saturated carbocycles. The van der Waals surface area contributed by atoms with Gasteiger partial charge in [-0.3, -0.25) is 9.59 Å². The number of amides is 2. The van der Waals surface area contributed by atoms with Crippen molar-refractivity contribution in [2.75, 3.05) is 19.6 Å². The highest BCUT2D eigenvalue weighted by molar-refractivity contribution is 5.96. The first-order valence-corrected chi connectivity index (χ1v) is 4.88. The molecule has 0 radical (unpaired) electrons. The van der Waals surface area contributed by atoms with Gasteiger partial charge in [-0.2, -0.15) is 0 Å². The molecule has 4 heteroatoms. The molecule has 0 atom stereocenters. The maximum atomic E-state index is 11.9. The Labute approximate surface area is 87.9 Å². The molecule has 2 rings (SSSR count). The lowest BCUT2D eigenvalue weighted by molar-refractivity contribution is -0.123. The summed E-state index contributed by atoms with van der Waals surface area (Å²) in [5.41, 5.74) is 0.632. The van der Waals surface area contributed by atoms with E-state index in [0.717, 1.165) is 0 Å². The molecule has 78 valence electrons. The molecule has 15 heavy (non-hydrogen) atoms. The molecule has 0 unspecified atom stereocenters. The van der Waals surface area contributed by atoms with Gasteiger partial charge in [-0.1, -0.05) is 18.2 Å². The zero-order valence-corrected chi connectivity index (χ0v) is 8.27. The molecule has 1 aliphatic rings. The van der Waals surface area contributed by atoms with Crippen LogP contribution in [0, 0.1) is 0 Å². The first-order chi connectivity index (χ1) is 7.27. The van der Waals surface area contributed by atoms with Gasteiger partial charge in [0.25, 0.3) is 5.91 Å². The molecular weight excluding hydrogens is 192 g/mol. The quantitative estimate of drug-likeness (QED) is 0.713. The molecule has 2 amide bonds. The Hall–Kier alpha value is -1.84. The largest absolute Gasteiger partial charge is 0.353 e. The summed E-state index contributed by atoms with van der Waals surface area (Å²) in [6, 6.07) is 9.01. The number of nitrogens with zero attached hydrogens (tertiary/aromatic N) is 1. The van der Waals surface area contributed by atoms with Gasteiger partial charge < -0.3 is 10.2 Å². The van der Waals surface area contributed by atoms with Crippen molar-refractivity contribution in [3.8, 4) is 0 Å². The highest BCUT2D eigenvalue weighted by Gasteiger charge is 2.21. The standard InChI is InChI=1S/C11H12N2O2/c14-10-8-13(7-6-12-10)11(15)9-4-2-1-3-5-9/h1-5H,6-8H2,(H,12,14). The Kier molecular flexibility index (Phi) is 2.67. The average Bonchev–Trinajstić information content (AvgIpc) is 2.29. The van der Waals surface area contributed by atoms with Crippen molar-refractivity contribution >= 4 is 11.8 Å². The lowest BCUT2D eigenvalue weighted by Crippen LogP contribution is -2.49. The van der Waals surface area contributed by atoms with Gasteiger partial charge >= 0.3 is 0 Å². The molecule has 1 aromatic carbocycles. The normalized spacial score (nSPS) is 16.0. The van der Waals surface area contributed by atoms with Gasteiger partial charge in [-0.15, -0.1) is 0 Å². The zero-order valence-electron chi connectivity index (χ0n) is 8.27. The molecule has 1 aromatic rings. The van der Waals surface area contributed by atoms with Gasteiger partial charge in [0.2, 0.25) is 5.91 Å². The molecular formula is C11H12N2O2. The average molecular weight is 204 g/mol. The molecule has 1 aliphatic heterocycles. The highest BCUT2D eigenvalue weighted by atomic mass is 16.2. The molecule has 1 saturated heterocycles. The molecule has 0 aromatic heterocycles. The molecule has 1 N–H and O–H groups in total. The molecule has 0 bridgehead atoms. The summed E-state index contributed by atoms with van der Waals surface area (Å²) in [4.78, 5) is 24.6. The third-order valence-electron chi connectivity index (χ3n) is 2.35. The van der Waals surface area contributed by atoms with E-state index in [4.69, 9.17) is 0 Å². The minimum Gasteiger partial charge on any atom is -0.353 e. The van der Waals surface area contributed by atoms with Gasteiger partial charge in [-0.25, -0.2) is 0 Å². The SMILES string of the molecule is O=C1CN(C(=O)c2ccccc2)CCN1. The van der Waals surface area contributed by atoms with Crippen LogP contribution in [0.1, 0.15) is 10.4 Å². The van der Waals surface area contributed by atoms with Crippen LogP contribution in [0.15, 0.2) is 30.3 Å². The molecule has 0 spiro atoms. The van der Waals surface area contributed by atoms with Crippen molar-refractivity contribution in [3.05, 3.63) is 35.9 Å². The summed E-state index contributed by atoms with van der Waals surface area (Å²) < 4.78 is 0. The van der Waals surface area contributed by atoms with Crippen LogP contribution in [-0.2, 0) is 4.79 Å². The van der Waals surface area contributed by atoms with Gasteiger partial charge in [0.05, 0.1) is 6.54 Å². The number of hydrogen-bond donors (Lipinski definition) is 1. The van der Waals surface area contributed by atoms with E-state index in [1.54, 1.807) is 17.0 Å². The van der Waals surface area contributed by atoms with E-state index in [1.807, 2.05) is 18.2 Å². The Balaban J connectivity index is 2.11.